The summed E-state index contributed by atoms with van der Waals surface area (Å²) < 4.78 is 2.54. The standard InChI is InChI=1S/C51H45N5.Pt/c1-36-30-38(3)48(31-37(36)2)54-29-28-53(35-54)40-16-15-21-43(33-40)56(41-17-9-7-10-18-41,42-19-11-8-12-20-42)44-24-25-46-45-22-13-14-23-47(45)55(49(46)34-44)50-32-39(26-27-52-50)51(4,5)6;/h7-32,35H,1-6H3;/q-2;. The summed E-state index contributed by atoms with van der Waals surface area (Å²) in [6, 6.07) is 57.9. The Balaban J connectivity index is 0.00000455. The third-order valence-electron chi connectivity index (χ3n) is 11.2. The molecule has 1 aliphatic rings. The molecule has 0 amide bonds. The molecule has 0 saturated carbocycles. The smallest absolute Gasteiger partial charge is 0.144 e. The van der Waals surface area contributed by atoms with Crippen LogP contribution in [0.25, 0.3) is 27.6 Å². The van der Waals surface area contributed by atoms with E-state index in [1.807, 2.05) is 6.20 Å². The molecule has 1 aliphatic heterocycles. The average molecular weight is 923 g/mol. The molecule has 2 aromatic heterocycles. The number of hydrogen-bond acceptors (Lipinski definition) is 3. The Labute approximate surface area is 351 Å². The fraction of sp³-hybridized carbons (Fsp3) is 0.137. The molecule has 9 rings (SSSR count). The molecule has 0 unspecified atom stereocenters. The number of aryl methyl sites for hydroxylation is 3. The first-order valence-electron chi connectivity index (χ1n) is 19.3. The van der Waals surface area contributed by atoms with E-state index < -0.39 is 0 Å². The van der Waals surface area contributed by atoms with Gasteiger partial charge in [-0.2, -0.15) is 12.1 Å². The van der Waals surface area contributed by atoms with Crippen LogP contribution in [0.1, 0.15) is 43.0 Å². The molecule has 6 heteroatoms. The van der Waals surface area contributed by atoms with E-state index in [4.69, 9.17) is 4.98 Å². The van der Waals surface area contributed by atoms with Crippen LogP contribution in [0.3, 0.4) is 0 Å². The normalized spacial score (nSPS) is 13.1. The van der Waals surface area contributed by atoms with Gasteiger partial charge in [-0.25, -0.2) is 9.47 Å². The summed E-state index contributed by atoms with van der Waals surface area (Å²) in [6.45, 7) is 15.4. The minimum absolute atomic E-state index is 0. The fourth-order valence-electron chi connectivity index (χ4n) is 8.12. The van der Waals surface area contributed by atoms with Gasteiger partial charge in [-0.3, -0.25) is 0 Å². The molecule has 0 aliphatic carbocycles. The van der Waals surface area contributed by atoms with Crippen LogP contribution >= 0.6 is 0 Å². The second-order valence-electron chi connectivity index (χ2n) is 15.8. The summed E-state index contributed by atoms with van der Waals surface area (Å²) >= 11 is 0. The maximum absolute atomic E-state index is 4.97. The molecule has 286 valence electrons. The van der Waals surface area contributed by atoms with Crippen molar-refractivity contribution >= 4 is 55.9 Å². The summed E-state index contributed by atoms with van der Waals surface area (Å²) in [6.07, 6.45) is 6.16. The van der Waals surface area contributed by atoms with Gasteiger partial charge >= 0.3 is 0 Å². The molecule has 0 bridgehead atoms. The van der Waals surface area contributed by atoms with E-state index in [1.165, 1.54) is 33.3 Å². The summed E-state index contributed by atoms with van der Waals surface area (Å²) in [5.41, 5.74) is 13.3. The van der Waals surface area contributed by atoms with Crippen LogP contribution in [0, 0.1) is 39.6 Å². The van der Waals surface area contributed by atoms with Crippen LogP contribution in [0.2, 0.25) is 0 Å². The molecule has 6 aromatic carbocycles. The first-order valence-corrected chi connectivity index (χ1v) is 19.3. The van der Waals surface area contributed by atoms with Crippen LogP contribution in [0.4, 0.5) is 34.1 Å². The third kappa shape index (κ3) is 6.59. The van der Waals surface area contributed by atoms with Gasteiger partial charge in [-0.15, -0.1) is 30.3 Å². The van der Waals surface area contributed by atoms with Crippen molar-refractivity contribution in [3.63, 3.8) is 0 Å². The molecular weight excluding hydrogens is 878 g/mol. The second-order valence-corrected chi connectivity index (χ2v) is 15.8. The number of aromatic nitrogens is 2. The van der Waals surface area contributed by atoms with E-state index in [1.54, 1.807) is 0 Å². The third-order valence-corrected chi connectivity index (χ3v) is 11.2. The van der Waals surface area contributed by atoms with Crippen LogP contribution in [-0.4, -0.2) is 9.55 Å². The van der Waals surface area contributed by atoms with Crippen LogP contribution in [-0.2, 0) is 26.5 Å². The van der Waals surface area contributed by atoms with E-state index in [0.29, 0.717) is 0 Å². The van der Waals surface area contributed by atoms with E-state index in [9.17, 15) is 0 Å². The molecule has 3 heterocycles. The first kappa shape index (κ1) is 38.1. The quantitative estimate of drug-likeness (QED) is 0.118. The monoisotopic (exact) mass is 922 g/mol. The molecule has 5 nitrogen and oxygen atoms in total. The Morgan fingerprint density at radius 3 is 1.96 bits per heavy atom. The summed E-state index contributed by atoms with van der Waals surface area (Å²) in [5.74, 6) is 0.878. The van der Waals surface area contributed by atoms with E-state index in [0.717, 1.165) is 50.7 Å². The van der Waals surface area contributed by atoms with Gasteiger partial charge in [0.25, 0.3) is 0 Å². The fourth-order valence-corrected chi connectivity index (χ4v) is 8.12. The molecule has 0 saturated heterocycles. The number of pyridine rings is 1. The zero-order valence-corrected chi connectivity index (χ0v) is 35.4. The van der Waals surface area contributed by atoms with Gasteiger partial charge < -0.3 is 14.4 Å². The number of rotatable bonds is 7. The Kier molecular flexibility index (Phi) is 10.0. The minimum Gasteiger partial charge on any atom is -0.500 e. The Bertz CT molecular complexity index is 2720. The maximum atomic E-state index is 4.97. The van der Waals surface area contributed by atoms with E-state index in [-0.39, 0.29) is 31.0 Å². The topological polar surface area (TPSA) is 24.3 Å². The number of fused-ring (bicyclic) bond motifs is 3. The molecule has 8 aromatic rings. The molecule has 0 atom stereocenters. The Hall–Kier alpha value is -5.74. The Morgan fingerprint density at radius 1 is 0.596 bits per heavy atom. The summed E-state index contributed by atoms with van der Waals surface area (Å²) in [7, 11) is 0. The molecule has 0 N–H and O–H groups in total. The average Bonchev–Trinajstić information content (AvgIpc) is 3.84. The van der Waals surface area contributed by atoms with Crippen molar-refractivity contribution in [3.05, 3.63) is 199 Å². The SMILES string of the molecule is Cc1cc(C)c(N2C=CN(c3[c-]c([N+](c4[c-]c5c(cc4)c4ccccc4n5-c4cc(C(C)(C)C)ccn4)(c4ccccc4)c4ccccc4)ccc3)[CH-]2)cc1C.[Pt]. The van der Waals surface area contributed by atoms with Gasteiger partial charge in [-0.1, -0.05) is 105 Å². The van der Waals surface area contributed by atoms with Gasteiger partial charge in [0.2, 0.25) is 0 Å². The van der Waals surface area contributed by atoms with Gasteiger partial charge in [-0.05, 0) is 90.5 Å². The second kappa shape index (κ2) is 15.0. The van der Waals surface area contributed by atoms with Crippen molar-refractivity contribution in [2.24, 2.45) is 0 Å². The van der Waals surface area contributed by atoms with Crippen LogP contribution in [0.5, 0.6) is 0 Å². The van der Waals surface area contributed by atoms with Crippen molar-refractivity contribution in [1.82, 2.24) is 14.0 Å². The zero-order chi connectivity index (χ0) is 38.6. The van der Waals surface area contributed by atoms with Gasteiger partial charge in [0.1, 0.15) is 17.2 Å². The Morgan fingerprint density at radius 2 is 1.25 bits per heavy atom. The van der Waals surface area contributed by atoms with Gasteiger partial charge in [0.15, 0.2) is 0 Å². The molecule has 0 radical (unpaired) electrons. The maximum Gasteiger partial charge on any atom is 0.144 e. The van der Waals surface area contributed by atoms with Crippen molar-refractivity contribution in [2.45, 2.75) is 47.0 Å². The van der Waals surface area contributed by atoms with Crippen molar-refractivity contribution in [2.75, 3.05) is 9.80 Å². The number of hydrogen-bond donors (Lipinski definition) is 0. The van der Waals surface area contributed by atoms with Crippen LogP contribution in [0.15, 0.2) is 158 Å². The predicted molar refractivity (Wildman–Crippen MR) is 234 cm³/mol. The largest absolute Gasteiger partial charge is 0.500 e. The first-order chi connectivity index (χ1) is 27.1. The molecule has 57 heavy (non-hydrogen) atoms. The molecular formula is C51H45N5Pt-2. The van der Waals surface area contributed by atoms with E-state index >= 15 is 0 Å². The van der Waals surface area contributed by atoms with Crippen molar-refractivity contribution in [1.29, 1.82) is 0 Å². The number of nitrogens with zero attached hydrogens (tertiary/aromatic N) is 5. The van der Waals surface area contributed by atoms with Crippen molar-refractivity contribution in [3.8, 4) is 5.82 Å². The summed E-state index contributed by atoms with van der Waals surface area (Å²) in [5, 5.41) is 2.29. The minimum atomic E-state index is -0.0320. The number of quaternary nitrogens is 1. The molecule has 0 fully saturated rings. The van der Waals surface area contributed by atoms with Crippen molar-refractivity contribution < 1.29 is 21.1 Å². The van der Waals surface area contributed by atoms with E-state index in [2.05, 4.69) is 227 Å². The van der Waals surface area contributed by atoms with Gasteiger partial charge in [0.05, 0.1) is 0 Å². The van der Waals surface area contributed by atoms with Gasteiger partial charge in [0, 0.05) is 74.1 Å². The zero-order valence-electron chi connectivity index (χ0n) is 33.1. The summed E-state index contributed by atoms with van der Waals surface area (Å²) in [4.78, 5) is 9.32. The predicted octanol–water partition coefficient (Wildman–Crippen LogP) is 13.2. The van der Waals surface area contributed by atoms with Crippen LogP contribution < -0.4 is 14.3 Å². The number of para-hydroxylation sites is 3. The molecule has 0 spiro atoms. The number of anilines is 2. The number of benzene rings is 6.